The van der Waals surface area contributed by atoms with Crippen LogP contribution in [0, 0.1) is 5.41 Å². The first-order valence-electron chi connectivity index (χ1n) is 35.2. The van der Waals surface area contributed by atoms with Crippen molar-refractivity contribution in [2.75, 3.05) is 112 Å². The van der Waals surface area contributed by atoms with Crippen LogP contribution in [-0.2, 0) is 114 Å². The lowest BCUT2D eigenvalue weighted by molar-refractivity contribution is -0.272. The lowest BCUT2D eigenvalue weighted by Crippen LogP contribution is -2.64. The largest absolute Gasteiger partial charge is 0.394 e. The van der Waals surface area contributed by atoms with Gasteiger partial charge in [0.2, 0.25) is 5.91 Å². The molecule has 0 saturated carbocycles. The van der Waals surface area contributed by atoms with Crippen LogP contribution in [0.25, 0.3) is 0 Å². The number of hydrogen-bond donors (Lipinski definition) is 13. The summed E-state index contributed by atoms with van der Waals surface area (Å²) in [5.74, 6) is -0.468. The molecule has 40 nitrogen and oxygen atoms in total. The van der Waals surface area contributed by atoms with Gasteiger partial charge in [-0.25, -0.2) is 18.7 Å². The van der Waals surface area contributed by atoms with E-state index in [0.717, 1.165) is 19.3 Å². The molecule has 4 aliphatic heterocycles. The third kappa shape index (κ3) is 27.0. The van der Waals surface area contributed by atoms with Crippen LogP contribution in [0.15, 0.2) is 24.8 Å². The number of nitrogens with zero attached hydrogens (tertiary/aromatic N) is 14. The molecule has 13 N–H and O–H groups in total. The molecule has 4 aromatic heterocycles. The average Bonchev–Trinajstić information content (AvgIpc) is 1.73. The number of unbranched alkanes of at least 4 members (excludes halogenated alkanes) is 1. The predicted molar refractivity (Wildman–Crippen MR) is 350 cm³/mol. The Morgan fingerprint density at radius 3 is 1.18 bits per heavy atom. The quantitative estimate of drug-likeness (QED) is 0.0183. The molecule has 586 valence electrons. The maximum atomic E-state index is 11.9. The van der Waals surface area contributed by atoms with Crippen LogP contribution in [0.1, 0.15) is 89.0 Å². The van der Waals surface area contributed by atoms with E-state index in [2.05, 4.69) is 77.1 Å². The van der Waals surface area contributed by atoms with Gasteiger partial charge >= 0.3 is 0 Å². The Hall–Kier alpha value is -5.01. The Bertz CT molecular complexity index is 2910. The van der Waals surface area contributed by atoms with Crippen molar-refractivity contribution in [1.82, 2.24) is 75.1 Å². The molecule has 18 atom stereocenters. The van der Waals surface area contributed by atoms with Crippen LogP contribution in [0.3, 0.4) is 0 Å². The second-order valence-electron chi connectivity index (χ2n) is 27.0. The molecule has 1 amide bonds. The summed E-state index contributed by atoms with van der Waals surface area (Å²) < 4.78 is 75.3. The standard InChI is InChI=1S/C63H109N15O25/c1-40(83)64-56-61(91)60(90)51(39-82)103-62(56)99-24-20-95-16-12-78-35-44(68-72-78)31-74(30-43-34-77(71-67-43)11-15-94-19-23-98-55-27-47(86)59(89)50(38-81)102-55)52(63(2,3)4)7-5-6-8-73(28-41-32-75(69-65-41)9-13-92-17-21-96-53-25-45(84)57(87)48(36-79)100-53)29-42-33-76(70-66-42)10-14-93-18-22-97-54-26-46(85)58(88)49(37-80)101-54/h32-35,45-62,79-82,84-91H,5-31,36-39H2,1-4H3,(H,64,83)/t45-,46-,47-,48-,49-,50-,51-,52?,53-,54-,55-,56-,57-,58-,59-,60+,61-,62-/m1/s1. The maximum Gasteiger partial charge on any atom is 0.217 e. The molecule has 8 rings (SSSR count). The van der Waals surface area contributed by atoms with Gasteiger partial charge in [0.25, 0.3) is 0 Å². The van der Waals surface area contributed by atoms with Crippen molar-refractivity contribution in [2.24, 2.45) is 5.41 Å². The van der Waals surface area contributed by atoms with E-state index in [-0.39, 0.29) is 96.8 Å². The van der Waals surface area contributed by atoms with Gasteiger partial charge in [0.1, 0.15) is 61.0 Å². The van der Waals surface area contributed by atoms with Gasteiger partial charge in [-0.2, -0.15) is 0 Å². The molecule has 4 saturated heterocycles. The Labute approximate surface area is 596 Å². The lowest BCUT2D eigenvalue weighted by Gasteiger charge is -2.42. The van der Waals surface area contributed by atoms with E-state index >= 15 is 0 Å². The lowest BCUT2D eigenvalue weighted by atomic mass is 9.82. The average molecular weight is 1480 g/mol. The van der Waals surface area contributed by atoms with Crippen molar-refractivity contribution >= 4 is 5.91 Å². The fraction of sp³-hybridized carbons (Fsp3) is 0.857. The molecule has 0 aliphatic carbocycles. The first kappa shape index (κ1) is 83.6. The summed E-state index contributed by atoms with van der Waals surface area (Å²) in [6.45, 7) is 12.0. The highest BCUT2D eigenvalue weighted by Gasteiger charge is 2.46. The molecule has 4 aromatic rings. The summed E-state index contributed by atoms with van der Waals surface area (Å²) in [5.41, 5.74) is 2.56. The van der Waals surface area contributed by atoms with Gasteiger partial charge in [-0.05, 0) is 24.8 Å². The van der Waals surface area contributed by atoms with E-state index in [1.165, 1.54) is 6.92 Å². The van der Waals surface area contributed by atoms with E-state index in [1.807, 2.05) is 24.8 Å². The van der Waals surface area contributed by atoms with Crippen molar-refractivity contribution in [3.05, 3.63) is 47.6 Å². The number of carbonyl (C=O) groups is 1. The summed E-state index contributed by atoms with van der Waals surface area (Å²) in [6.07, 6.45) is -7.36. The summed E-state index contributed by atoms with van der Waals surface area (Å²) in [7, 11) is 0. The molecule has 103 heavy (non-hydrogen) atoms. The predicted octanol–water partition coefficient (Wildman–Crippen LogP) is -6.09. The molecular weight excluding hydrogens is 1370 g/mol. The number of nitrogens with one attached hydrogen (secondary N) is 1. The SMILES string of the molecule is CC(=O)N[C@H]1[C@H](OCCOCCn2cc(CN(Cc3cn(CCOCCO[C@H]4C[C@@H](O)[C@@H](O)[C@@H](CO)O4)nn3)C(CCCCN(Cc3cn(CCOCCO[C@H]4C[C@@H](O)[C@@H](O)[C@@H](CO)O4)nn3)Cc3cn(CCOCCO[C@H]4C[C@@H](O)[C@@H](O)[C@@H](CO)O4)nn3)C(C)(C)C)nn2)O[C@H](CO)[C@H](O)[C@@H]1O. The van der Waals surface area contributed by atoms with Crippen molar-refractivity contribution in [3.63, 3.8) is 0 Å². The number of hydrogen-bond acceptors (Lipinski definition) is 35. The first-order chi connectivity index (χ1) is 49.6. The number of aliphatic hydroxyl groups is 12. The van der Waals surface area contributed by atoms with Gasteiger partial charge in [-0.3, -0.25) is 14.6 Å². The van der Waals surface area contributed by atoms with Crippen molar-refractivity contribution in [3.8, 4) is 0 Å². The van der Waals surface area contributed by atoms with E-state index in [0.29, 0.717) is 94.9 Å². The minimum absolute atomic E-state index is 0.00250. The Morgan fingerprint density at radius 2 is 0.835 bits per heavy atom. The number of rotatable bonds is 47. The van der Waals surface area contributed by atoms with E-state index in [1.54, 1.807) is 18.7 Å². The smallest absolute Gasteiger partial charge is 0.217 e. The molecular formula is C63H109N15O25. The fourth-order valence-electron chi connectivity index (χ4n) is 12.4. The van der Waals surface area contributed by atoms with Gasteiger partial charge < -0.3 is 123 Å². The van der Waals surface area contributed by atoms with Crippen LogP contribution >= 0.6 is 0 Å². The van der Waals surface area contributed by atoms with Crippen molar-refractivity contribution in [2.45, 2.75) is 229 Å². The van der Waals surface area contributed by atoms with Crippen LogP contribution in [0.4, 0.5) is 0 Å². The number of aromatic nitrogens is 12. The molecule has 1 unspecified atom stereocenters. The van der Waals surface area contributed by atoms with E-state index in [4.69, 9.17) is 56.8 Å². The number of aliphatic hydroxyl groups excluding tert-OH is 12. The Morgan fingerprint density at radius 1 is 0.485 bits per heavy atom. The molecule has 0 spiro atoms. The fourth-order valence-corrected chi connectivity index (χ4v) is 12.4. The summed E-state index contributed by atoms with van der Waals surface area (Å²) >= 11 is 0. The van der Waals surface area contributed by atoms with Crippen molar-refractivity contribution < 1.29 is 123 Å². The zero-order valence-electron chi connectivity index (χ0n) is 59.1. The van der Waals surface area contributed by atoms with E-state index in [9.17, 15) is 66.1 Å². The molecule has 0 radical (unpaired) electrons. The zero-order valence-corrected chi connectivity index (χ0v) is 59.1. The normalized spacial score (nSPS) is 28.2. The van der Waals surface area contributed by atoms with Gasteiger partial charge in [0, 0.05) is 83.2 Å². The highest BCUT2D eigenvalue weighted by Crippen LogP contribution is 2.32. The summed E-state index contributed by atoms with van der Waals surface area (Å²) in [6, 6.07) is -1.12. The third-order valence-corrected chi connectivity index (χ3v) is 17.8. The summed E-state index contributed by atoms with van der Waals surface area (Å²) in [4.78, 5) is 16.5. The molecule has 40 heteroatoms. The minimum Gasteiger partial charge on any atom is -0.394 e. The highest BCUT2D eigenvalue weighted by molar-refractivity contribution is 5.73. The van der Waals surface area contributed by atoms with Crippen LogP contribution in [0.5, 0.6) is 0 Å². The van der Waals surface area contributed by atoms with Crippen molar-refractivity contribution in [1.29, 1.82) is 0 Å². The Kier molecular flexibility index (Phi) is 35.0. The van der Waals surface area contributed by atoms with Crippen LogP contribution < -0.4 is 5.32 Å². The number of ether oxygens (including phenoxy) is 12. The highest BCUT2D eigenvalue weighted by atomic mass is 16.7. The minimum atomic E-state index is -1.45. The number of carbonyl (C=O) groups excluding carboxylic acids is 1. The topological polar surface area (TPSA) is 512 Å². The molecule has 0 bridgehead atoms. The van der Waals surface area contributed by atoms with Gasteiger partial charge in [-0.15, -0.1) is 20.4 Å². The second-order valence-corrected chi connectivity index (χ2v) is 27.0. The Balaban J connectivity index is 0.875. The summed E-state index contributed by atoms with van der Waals surface area (Å²) in [5, 5.41) is 158. The molecule has 4 fully saturated rings. The van der Waals surface area contributed by atoms with Crippen LogP contribution in [0.2, 0.25) is 0 Å². The van der Waals surface area contributed by atoms with Gasteiger partial charge in [0.15, 0.2) is 25.2 Å². The monoisotopic (exact) mass is 1480 g/mol. The van der Waals surface area contributed by atoms with Gasteiger partial charge in [0.05, 0.1) is 173 Å². The zero-order chi connectivity index (χ0) is 73.8. The van der Waals surface area contributed by atoms with Gasteiger partial charge in [-0.1, -0.05) is 48.0 Å². The molecule has 8 heterocycles. The van der Waals surface area contributed by atoms with E-state index < -0.39 is 137 Å². The first-order valence-corrected chi connectivity index (χ1v) is 35.2. The number of amides is 1. The maximum absolute atomic E-state index is 11.9. The molecule has 4 aliphatic rings. The van der Waals surface area contributed by atoms with Crippen LogP contribution in [-0.4, -0.2) is 360 Å². The molecule has 0 aromatic carbocycles. The second kappa shape index (κ2) is 43.1. The third-order valence-electron chi connectivity index (χ3n) is 17.8.